The highest BCUT2D eigenvalue weighted by atomic mass is 16.5. The second kappa shape index (κ2) is 6.29. The zero-order valence-corrected chi connectivity index (χ0v) is 12.0. The first-order valence-corrected chi connectivity index (χ1v) is 6.93. The summed E-state index contributed by atoms with van der Waals surface area (Å²) in [7, 11) is 0. The summed E-state index contributed by atoms with van der Waals surface area (Å²) in [6, 6.07) is 17.2. The summed E-state index contributed by atoms with van der Waals surface area (Å²) in [5, 5.41) is 9.70. The van der Waals surface area contributed by atoms with Crippen LogP contribution in [-0.4, -0.2) is 11.1 Å². The summed E-state index contributed by atoms with van der Waals surface area (Å²) in [5.41, 5.74) is 3.47. The Morgan fingerprint density at radius 1 is 1.04 bits per heavy atom. The average Bonchev–Trinajstić information content (AvgIpc) is 2.59. The zero-order chi connectivity index (χ0) is 16.2. The van der Waals surface area contributed by atoms with E-state index in [1.54, 1.807) is 48.0 Å². The summed E-state index contributed by atoms with van der Waals surface area (Å²) in [5.74, 6) is -0.601. The highest BCUT2D eigenvalue weighted by Crippen LogP contribution is 2.21. The number of carbonyl (C=O) groups is 1. The smallest absolute Gasteiger partial charge is 0.336 e. The lowest BCUT2D eigenvalue weighted by Gasteiger charge is -2.06. The number of hydrogen-bond acceptors (Lipinski definition) is 4. The van der Waals surface area contributed by atoms with E-state index in [4.69, 9.17) is 9.62 Å². The third kappa shape index (κ3) is 3.20. The van der Waals surface area contributed by atoms with Gasteiger partial charge in [0.05, 0.1) is 0 Å². The molecule has 0 unspecified atom stereocenters. The van der Waals surface area contributed by atoms with Crippen molar-refractivity contribution < 1.29 is 14.4 Å². The Hall–Kier alpha value is -3.18. The van der Waals surface area contributed by atoms with Gasteiger partial charge in [0.15, 0.2) is 0 Å². The average molecular weight is 307 g/mol. The number of fused-ring (bicyclic) bond motifs is 1. The third-order valence-electron chi connectivity index (χ3n) is 3.39. The number of hydrogen-bond donors (Lipinski definition) is 2. The van der Waals surface area contributed by atoms with Crippen molar-refractivity contribution in [2.24, 2.45) is 0 Å². The van der Waals surface area contributed by atoms with Crippen molar-refractivity contribution >= 4 is 28.5 Å². The second-order valence-electron chi connectivity index (χ2n) is 4.92. The molecule has 3 rings (SSSR count). The number of hydroxylamine groups is 1. The van der Waals surface area contributed by atoms with Crippen molar-refractivity contribution in [3.05, 3.63) is 82.2 Å². The number of amides is 1. The van der Waals surface area contributed by atoms with Crippen LogP contribution in [0.5, 0.6) is 0 Å². The Bertz CT molecular complexity index is 942. The zero-order valence-electron chi connectivity index (χ0n) is 12.0. The van der Waals surface area contributed by atoms with Crippen LogP contribution < -0.4 is 11.1 Å². The van der Waals surface area contributed by atoms with Gasteiger partial charge in [0, 0.05) is 17.0 Å². The van der Waals surface area contributed by atoms with Gasteiger partial charge in [-0.1, -0.05) is 36.4 Å². The fraction of sp³-hybridized carbons (Fsp3) is 0. The van der Waals surface area contributed by atoms with Crippen molar-refractivity contribution in [2.75, 3.05) is 0 Å². The van der Waals surface area contributed by atoms with Crippen LogP contribution in [-0.2, 0) is 4.79 Å². The van der Waals surface area contributed by atoms with Gasteiger partial charge < -0.3 is 4.42 Å². The predicted octanol–water partition coefficient (Wildman–Crippen LogP) is 2.84. The molecule has 1 amide bonds. The maximum Gasteiger partial charge on any atom is 0.336 e. The van der Waals surface area contributed by atoms with Gasteiger partial charge in [0.2, 0.25) is 0 Å². The molecular formula is C18H13NO4. The lowest BCUT2D eigenvalue weighted by atomic mass is 10.0. The van der Waals surface area contributed by atoms with Crippen LogP contribution in [0.3, 0.4) is 0 Å². The van der Waals surface area contributed by atoms with Crippen molar-refractivity contribution in [3.8, 4) is 0 Å². The minimum absolute atomic E-state index is 0.324. The van der Waals surface area contributed by atoms with Crippen LogP contribution in [0.15, 0.2) is 69.9 Å². The van der Waals surface area contributed by atoms with Gasteiger partial charge in [-0.25, -0.2) is 10.3 Å². The van der Waals surface area contributed by atoms with Crippen LogP contribution in [0.25, 0.3) is 22.6 Å². The Kier molecular flexibility index (Phi) is 4.03. The molecule has 0 saturated heterocycles. The van der Waals surface area contributed by atoms with E-state index < -0.39 is 11.5 Å². The second-order valence-corrected chi connectivity index (χ2v) is 4.92. The molecule has 0 aliphatic rings. The van der Waals surface area contributed by atoms with Crippen molar-refractivity contribution in [1.29, 1.82) is 0 Å². The maximum absolute atomic E-state index is 11.9. The fourth-order valence-corrected chi connectivity index (χ4v) is 2.30. The molecular weight excluding hydrogens is 294 g/mol. The Morgan fingerprint density at radius 3 is 2.57 bits per heavy atom. The molecule has 114 valence electrons. The van der Waals surface area contributed by atoms with E-state index in [9.17, 15) is 9.59 Å². The standard InChI is InChI=1S/C18H13NO4/c20-17-9-7-14-10-12(6-8-16(14)23-17)11-15(18(21)19-22)13-4-2-1-3-5-13/h1-11,22H,(H,19,21)/b15-11+. The molecule has 0 radical (unpaired) electrons. The predicted molar refractivity (Wildman–Crippen MR) is 86.7 cm³/mol. The van der Waals surface area contributed by atoms with E-state index >= 15 is 0 Å². The number of benzene rings is 2. The SMILES string of the molecule is O=C(NO)/C(=C/c1ccc2oc(=O)ccc2c1)c1ccccc1. The Balaban J connectivity index is 2.10. The molecule has 0 atom stereocenters. The molecule has 5 nitrogen and oxygen atoms in total. The Morgan fingerprint density at radius 2 is 1.83 bits per heavy atom. The van der Waals surface area contributed by atoms with Gasteiger partial charge in [0.25, 0.3) is 5.91 Å². The first-order valence-electron chi connectivity index (χ1n) is 6.93. The lowest BCUT2D eigenvalue weighted by molar-refractivity contribution is -0.123. The van der Waals surface area contributed by atoms with Gasteiger partial charge in [-0.2, -0.15) is 0 Å². The lowest BCUT2D eigenvalue weighted by Crippen LogP contribution is -2.19. The van der Waals surface area contributed by atoms with Crippen LogP contribution in [0.4, 0.5) is 0 Å². The molecule has 0 aliphatic heterocycles. The number of nitrogens with one attached hydrogen (secondary N) is 1. The van der Waals surface area contributed by atoms with Gasteiger partial charge in [-0.05, 0) is 35.4 Å². The molecule has 5 heteroatoms. The number of rotatable bonds is 3. The summed E-state index contributed by atoms with van der Waals surface area (Å²) >= 11 is 0. The molecule has 0 aliphatic carbocycles. The van der Waals surface area contributed by atoms with E-state index in [0.29, 0.717) is 16.7 Å². The quantitative estimate of drug-likeness (QED) is 0.256. The molecule has 0 fully saturated rings. The minimum Gasteiger partial charge on any atom is -0.423 e. The van der Waals surface area contributed by atoms with Crippen molar-refractivity contribution in [3.63, 3.8) is 0 Å². The highest BCUT2D eigenvalue weighted by molar-refractivity contribution is 6.23. The molecule has 3 aromatic rings. The summed E-state index contributed by atoms with van der Waals surface area (Å²) in [4.78, 5) is 23.1. The third-order valence-corrected chi connectivity index (χ3v) is 3.39. The molecule has 1 aromatic heterocycles. The molecule has 2 aromatic carbocycles. The first kappa shape index (κ1) is 14.7. The van der Waals surface area contributed by atoms with E-state index in [1.165, 1.54) is 6.07 Å². The highest BCUT2D eigenvalue weighted by Gasteiger charge is 2.11. The maximum atomic E-state index is 11.9. The first-order chi connectivity index (χ1) is 11.2. The van der Waals surface area contributed by atoms with E-state index in [0.717, 1.165) is 10.9 Å². The van der Waals surface area contributed by atoms with Crippen molar-refractivity contribution in [2.45, 2.75) is 0 Å². The van der Waals surface area contributed by atoms with Crippen molar-refractivity contribution in [1.82, 2.24) is 5.48 Å². The van der Waals surface area contributed by atoms with Crippen LogP contribution in [0.2, 0.25) is 0 Å². The van der Waals surface area contributed by atoms with Crippen LogP contribution >= 0.6 is 0 Å². The molecule has 2 N–H and O–H groups in total. The molecule has 0 saturated carbocycles. The minimum atomic E-state index is -0.601. The van der Waals surface area contributed by atoms with Crippen LogP contribution in [0, 0.1) is 0 Å². The molecule has 23 heavy (non-hydrogen) atoms. The van der Waals surface area contributed by atoms with E-state index in [1.807, 2.05) is 18.2 Å². The molecule has 0 spiro atoms. The summed E-state index contributed by atoms with van der Waals surface area (Å²) in [6.07, 6.45) is 1.66. The topological polar surface area (TPSA) is 79.5 Å². The van der Waals surface area contributed by atoms with Gasteiger partial charge in [-0.15, -0.1) is 0 Å². The fourth-order valence-electron chi connectivity index (χ4n) is 2.30. The van der Waals surface area contributed by atoms with E-state index in [-0.39, 0.29) is 0 Å². The monoisotopic (exact) mass is 307 g/mol. The normalized spacial score (nSPS) is 11.4. The van der Waals surface area contributed by atoms with Gasteiger partial charge in [-0.3, -0.25) is 10.0 Å². The molecule has 1 heterocycles. The van der Waals surface area contributed by atoms with Crippen LogP contribution in [0.1, 0.15) is 11.1 Å². The summed E-state index contributed by atoms with van der Waals surface area (Å²) in [6.45, 7) is 0. The summed E-state index contributed by atoms with van der Waals surface area (Å²) < 4.78 is 5.08. The molecule has 0 bridgehead atoms. The Labute approximate surface area is 131 Å². The van der Waals surface area contributed by atoms with E-state index in [2.05, 4.69) is 0 Å². The largest absolute Gasteiger partial charge is 0.423 e. The van der Waals surface area contributed by atoms with Gasteiger partial charge in [0.1, 0.15) is 5.58 Å². The number of carbonyl (C=O) groups excluding carboxylic acids is 1. The van der Waals surface area contributed by atoms with Gasteiger partial charge >= 0.3 is 5.63 Å².